The molecule has 2 aliphatic heterocycles. The maximum Gasteiger partial charge on any atom is 0.226 e. The predicted octanol–water partition coefficient (Wildman–Crippen LogP) is 2.65. The van der Waals surface area contributed by atoms with Crippen LogP contribution in [0.25, 0.3) is 0 Å². The first-order valence-corrected chi connectivity index (χ1v) is 5.95. The van der Waals surface area contributed by atoms with Crippen molar-refractivity contribution in [3.63, 3.8) is 0 Å². The van der Waals surface area contributed by atoms with Crippen molar-refractivity contribution in [2.24, 2.45) is 0 Å². The summed E-state index contributed by atoms with van der Waals surface area (Å²) in [5.74, 6) is 1.73. The molecule has 2 heterocycles. The van der Waals surface area contributed by atoms with Crippen LogP contribution in [0.15, 0.2) is 48.5 Å². The van der Waals surface area contributed by atoms with Gasteiger partial charge in [-0.15, -0.1) is 0 Å². The minimum atomic E-state index is -0.213. The molecular formula is C14H12N2O2. The lowest BCUT2D eigenvalue weighted by Crippen LogP contribution is -2.41. The summed E-state index contributed by atoms with van der Waals surface area (Å²) in [6.45, 7) is 0. The van der Waals surface area contributed by atoms with Crippen LogP contribution in [0.5, 0.6) is 11.5 Å². The van der Waals surface area contributed by atoms with Crippen LogP contribution in [-0.2, 0) is 0 Å². The maximum atomic E-state index is 5.82. The number of hydrogen-bond acceptors (Lipinski definition) is 4. The summed E-state index contributed by atoms with van der Waals surface area (Å²) in [5.41, 5.74) is 2.01. The summed E-state index contributed by atoms with van der Waals surface area (Å²) in [6.07, 6.45) is -0.426. The molecule has 90 valence electrons. The van der Waals surface area contributed by atoms with Crippen molar-refractivity contribution >= 4 is 11.4 Å². The average Bonchev–Trinajstić information content (AvgIpc) is 3.02. The molecule has 2 N–H and O–H groups in total. The molecule has 0 fully saturated rings. The van der Waals surface area contributed by atoms with Gasteiger partial charge in [0.05, 0.1) is 11.4 Å². The lowest BCUT2D eigenvalue weighted by atomic mass is 10.3. The van der Waals surface area contributed by atoms with Crippen molar-refractivity contribution in [1.82, 2.24) is 0 Å². The Morgan fingerprint density at radius 2 is 1.11 bits per heavy atom. The van der Waals surface area contributed by atoms with Crippen molar-refractivity contribution in [2.45, 2.75) is 12.5 Å². The summed E-state index contributed by atoms with van der Waals surface area (Å²) in [6, 6.07) is 15.8. The predicted molar refractivity (Wildman–Crippen MR) is 69.0 cm³/mol. The fourth-order valence-electron chi connectivity index (χ4n) is 2.29. The molecule has 0 unspecified atom stereocenters. The molecule has 0 spiro atoms. The van der Waals surface area contributed by atoms with E-state index in [4.69, 9.17) is 9.47 Å². The van der Waals surface area contributed by atoms with Crippen LogP contribution in [-0.4, -0.2) is 12.5 Å². The number of para-hydroxylation sites is 4. The third kappa shape index (κ3) is 1.39. The fraction of sp³-hybridized carbons (Fsp3) is 0.143. The number of benzene rings is 2. The topological polar surface area (TPSA) is 42.5 Å². The normalized spacial score (nSPS) is 23.1. The third-order valence-corrected chi connectivity index (χ3v) is 3.15. The quantitative estimate of drug-likeness (QED) is 0.804. The third-order valence-electron chi connectivity index (χ3n) is 3.15. The van der Waals surface area contributed by atoms with Gasteiger partial charge in [-0.25, -0.2) is 0 Å². The Hall–Kier alpha value is -2.36. The molecule has 4 nitrogen and oxygen atoms in total. The molecule has 2 aromatic rings. The molecule has 0 aromatic heterocycles. The standard InChI is InChI=1S/C14H12N2O2/c1-3-7-11-9(5-1)15-13(17-11)14-16-10-6-2-4-8-12(10)18-14/h1-8,13-16H/t13-,14+. The second-order valence-corrected chi connectivity index (χ2v) is 4.36. The first-order chi connectivity index (χ1) is 8.90. The second-order valence-electron chi connectivity index (χ2n) is 4.36. The summed E-state index contributed by atoms with van der Waals surface area (Å²) in [4.78, 5) is 0. The monoisotopic (exact) mass is 240 g/mol. The van der Waals surface area contributed by atoms with Gasteiger partial charge in [0.2, 0.25) is 12.5 Å². The molecule has 2 aromatic carbocycles. The zero-order chi connectivity index (χ0) is 11.9. The van der Waals surface area contributed by atoms with E-state index < -0.39 is 0 Å². The van der Waals surface area contributed by atoms with Crippen molar-refractivity contribution in [3.05, 3.63) is 48.5 Å². The van der Waals surface area contributed by atoms with Crippen molar-refractivity contribution in [3.8, 4) is 11.5 Å². The minimum Gasteiger partial charge on any atom is -0.462 e. The van der Waals surface area contributed by atoms with E-state index in [1.165, 1.54) is 0 Å². The maximum absolute atomic E-state index is 5.82. The summed E-state index contributed by atoms with van der Waals surface area (Å²) < 4.78 is 11.6. The Labute approximate surface area is 105 Å². The molecule has 2 atom stereocenters. The van der Waals surface area contributed by atoms with Gasteiger partial charge in [0.15, 0.2) is 0 Å². The van der Waals surface area contributed by atoms with E-state index in [0.29, 0.717) is 0 Å². The lowest BCUT2D eigenvalue weighted by molar-refractivity contribution is 0.113. The van der Waals surface area contributed by atoms with Gasteiger partial charge in [-0.2, -0.15) is 0 Å². The average molecular weight is 240 g/mol. The van der Waals surface area contributed by atoms with E-state index in [-0.39, 0.29) is 12.5 Å². The van der Waals surface area contributed by atoms with Crippen LogP contribution in [0.4, 0.5) is 11.4 Å². The molecule has 0 saturated carbocycles. The number of hydrogen-bond donors (Lipinski definition) is 2. The largest absolute Gasteiger partial charge is 0.462 e. The number of ether oxygens (including phenoxy) is 2. The fourth-order valence-corrected chi connectivity index (χ4v) is 2.29. The molecule has 18 heavy (non-hydrogen) atoms. The van der Waals surface area contributed by atoms with Gasteiger partial charge >= 0.3 is 0 Å². The van der Waals surface area contributed by atoms with Crippen molar-refractivity contribution < 1.29 is 9.47 Å². The Kier molecular flexibility index (Phi) is 1.91. The smallest absolute Gasteiger partial charge is 0.226 e. The van der Waals surface area contributed by atoms with Crippen LogP contribution in [0, 0.1) is 0 Å². The molecule has 2 aliphatic rings. The highest BCUT2D eigenvalue weighted by atomic mass is 16.6. The van der Waals surface area contributed by atoms with Crippen LogP contribution in [0.2, 0.25) is 0 Å². The highest BCUT2D eigenvalue weighted by molar-refractivity contribution is 5.63. The Morgan fingerprint density at radius 3 is 1.56 bits per heavy atom. The van der Waals surface area contributed by atoms with E-state index in [0.717, 1.165) is 22.9 Å². The number of anilines is 2. The van der Waals surface area contributed by atoms with Gasteiger partial charge in [-0.05, 0) is 24.3 Å². The molecule has 0 amide bonds. The highest BCUT2D eigenvalue weighted by Crippen LogP contribution is 2.37. The zero-order valence-corrected chi connectivity index (χ0v) is 9.59. The van der Waals surface area contributed by atoms with Gasteiger partial charge in [-0.1, -0.05) is 24.3 Å². The lowest BCUT2D eigenvalue weighted by Gasteiger charge is -2.18. The first-order valence-electron chi connectivity index (χ1n) is 5.95. The molecule has 0 aliphatic carbocycles. The van der Waals surface area contributed by atoms with Gasteiger partial charge in [0.1, 0.15) is 11.5 Å². The number of fused-ring (bicyclic) bond motifs is 2. The molecule has 0 radical (unpaired) electrons. The summed E-state index contributed by atoms with van der Waals surface area (Å²) >= 11 is 0. The van der Waals surface area contributed by atoms with Gasteiger partial charge < -0.3 is 20.1 Å². The summed E-state index contributed by atoms with van der Waals surface area (Å²) in [5, 5.41) is 6.60. The van der Waals surface area contributed by atoms with Crippen LogP contribution < -0.4 is 20.1 Å². The zero-order valence-electron chi connectivity index (χ0n) is 9.59. The van der Waals surface area contributed by atoms with Crippen LogP contribution >= 0.6 is 0 Å². The molecule has 0 saturated heterocycles. The Balaban J connectivity index is 1.56. The van der Waals surface area contributed by atoms with Crippen molar-refractivity contribution in [2.75, 3.05) is 10.6 Å². The van der Waals surface area contributed by atoms with E-state index in [1.54, 1.807) is 0 Å². The SMILES string of the molecule is c1ccc2c(c1)N[C@@H]([C@H]1Nc3ccccc3O1)O2. The van der Waals surface area contributed by atoms with Crippen molar-refractivity contribution in [1.29, 1.82) is 0 Å². The molecule has 4 rings (SSSR count). The van der Waals surface area contributed by atoms with Crippen LogP contribution in [0.1, 0.15) is 0 Å². The second kappa shape index (κ2) is 3.57. The number of rotatable bonds is 1. The van der Waals surface area contributed by atoms with Gasteiger partial charge in [-0.3, -0.25) is 0 Å². The highest BCUT2D eigenvalue weighted by Gasteiger charge is 2.35. The number of nitrogens with one attached hydrogen (secondary N) is 2. The van der Waals surface area contributed by atoms with Gasteiger partial charge in [0, 0.05) is 0 Å². The van der Waals surface area contributed by atoms with E-state index in [1.807, 2.05) is 48.5 Å². The van der Waals surface area contributed by atoms with Gasteiger partial charge in [0.25, 0.3) is 0 Å². The summed E-state index contributed by atoms with van der Waals surface area (Å²) in [7, 11) is 0. The van der Waals surface area contributed by atoms with E-state index in [9.17, 15) is 0 Å². The first kappa shape index (κ1) is 9.65. The Bertz CT molecular complexity index is 496. The van der Waals surface area contributed by atoms with Crippen LogP contribution in [0.3, 0.4) is 0 Å². The minimum absolute atomic E-state index is 0.213. The van der Waals surface area contributed by atoms with E-state index >= 15 is 0 Å². The molecule has 0 bridgehead atoms. The molecular weight excluding hydrogens is 228 g/mol. The van der Waals surface area contributed by atoms with E-state index in [2.05, 4.69) is 10.6 Å². The molecule has 4 heteroatoms. The Morgan fingerprint density at radius 1 is 0.667 bits per heavy atom.